The molecule has 0 amide bonds. The van der Waals surface area contributed by atoms with Crippen molar-refractivity contribution in [3.05, 3.63) is 100 Å². The second kappa shape index (κ2) is 8.68. The normalized spacial score (nSPS) is 11.7. The number of nitro groups is 1. The van der Waals surface area contributed by atoms with Crippen molar-refractivity contribution in [3.8, 4) is 11.1 Å². The Hall–Kier alpha value is -3.87. The van der Waals surface area contributed by atoms with Crippen molar-refractivity contribution in [3.63, 3.8) is 0 Å². The van der Waals surface area contributed by atoms with Gasteiger partial charge in [-0.2, -0.15) is 0 Å². The average Bonchev–Trinajstić information content (AvgIpc) is 2.72. The Morgan fingerprint density at radius 3 is 2.61 bits per heavy atom. The van der Waals surface area contributed by atoms with Crippen LogP contribution < -0.4 is 5.73 Å². The van der Waals surface area contributed by atoms with Crippen LogP contribution in [0.2, 0.25) is 0 Å². The predicted molar refractivity (Wildman–Crippen MR) is 107 cm³/mol. The molecule has 2 N–H and O–H groups in total. The number of rotatable bonds is 6. The standard InChI is InChI=1S/C21H17FN4O2/c22-18-6-3-16(4-7-18)17-5-8-21(26(27)28)19(12-17)20(23)9-11-25-14-15-2-1-10-24-13-15/h1-13H,14,23H2/b20-9-,25-11?. The summed E-state index contributed by atoms with van der Waals surface area (Å²) in [6.45, 7) is 0.426. The number of hydrogen-bond donors (Lipinski definition) is 1. The molecule has 3 aromatic rings. The van der Waals surface area contributed by atoms with Crippen molar-refractivity contribution in [2.24, 2.45) is 10.7 Å². The van der Waals surface area contributed by atoms with E-state index in [4.69, 9.17) is 5.73 Å². The van der Waals surface area contributed by atoms with E-state index >= 15 is 0 Å². The highest BCUT2D eigenvalue weighted by Crippen LogP contribution is 2.29. The van der Waals surface area contributed by atoms with E-state index in [0.717, 1.165) is 11.1 Å². The zero-order valence-corrected chi connectivity index (χ0v) is 14.8. The van der Waals surface area contributed by atoms with E-state index in [2.05, 4.69) is 9.98 Å². The highest BCUT2D eigenvalue weighted by molar-refractivity contribution is 5.87. The molecule has 0 unspecified atom stereocenters. The van der Waals surface area contributed by atoms with Gasteiger partial charge in [0, 0.05) is 30.4 Å². The summed E-state index contributed by atoms with van der Waals surface area (Å²) in [5, 5.41) is 11.4. The number of hydrogen-bond acceptors (Lipinski definition) is 5. The molecule has 0 aliphatic carbocycles. The first-order valence-corrected chi connectivity index (χ1v) is 8.44. The Bertz CT molecular complexity index is 1030. The molecule has 140 valence electrons. The van der Waals surface area contributed by atoms with Gasteiger partial charge >= 0.3 is 0 Å². The number of aliphatic imine (C=N–C) groups is 1. The summed E-state index contributed by atoms with van der Waals surface area (Å²) < 4.78 is 13.1. The molecular weight excluding hydrogens is 359 g/mol. The molecule has 6 nitrogen and oxygen atoms in total. The topological polar surface area (TPSA) is 94.4 Å². The highest BCUT2D eigenvalue weighted by atomic mass is 19.1. The molecule has 0 spiro atoms. The zero-order chi connectivity index (χ0) is 19.9. The van der Waals surface area contributed by atoms with Gasteiger partial charge in [0.15, 0.2) is 0 Å². The smallest absolute Gasteiger partial charge is 0.278 e. The monoisotopic (exact) mass is 376 g/mol. The second-order valence-corrected chi connectivity index (χ2v) is 5.97. The highest BCUT2D eigenvalue weighted by Gasteiger charge is 2.16. The molecule has 0 fully saturated rings. The van der Waals surface area contributed by atoms with Crippen molar-refractivity contribution in [2.45, 2.75) is 6.54 Å². The molecule has 0 saturated carbocycles. The van der Waals surface area contributed by atoms with Crippen LogP contribution in [0.15, 0.2) is 78.1 Å². The van der Waals surface area contributed by atoms with Crippen molar-refractivity contribution in [1.29, 1.82) is 0 Å². The molecule has 0 aliphatic heterocycles. The van der Waals surface area contributed by atoms with Crippen molar-refractivity contribution >= 4 is 17.6 Å². The summed E-state index contributed by atoms with van der Waals surface area (Å²) in [7, 11) is 0. The van der Waals surface area contributed by atoms with E-state index in [1.165, 1.54) is 30.5 Å². The van der Waals surface area contributed by atoms with Gasteiger partial charge < -0.3 is 5.73 Å². The zero-order valence-electron chi connectivity index (χ0n) is 14.8. The Morgan fingerprint density at radius 2 is 1.93 bits per heavy atom. The number of allylic oxidation sites excluding steroid dienone is 1. The summed E-state index contributed by atoms with van der Waals surface area (Å²) in [4.78, 5) is 19.1. The number of aromatic nitrogens is 1. The van der Waals surface area contributed by atoms with Crippen LogP contribution in [0.3, 0.4) is 0 Å². The summed E-state index contributed by atoms with van der Waals surface area (Å²) in [6, 6.07) is 14.2. The fourth-order valence-electron chi connectivity index (χ4n) is 2.62. The van der Waals surface area contributed by atoms with Crippen LogP contribution in [0.5, 0.6) is 0 Å². The minimum Gasteiger partial charge on any atom is -0.398 e. The minimum atomic E-state index is -0.489. The Balaban J connectivity index is 1.88. The third-order valence-corrected chi connectivity index (χ3v) is 4.04. The molecule has 3 rings (SSSR count). The van der Waals surface area contributed by atoms with Gasteiger partial charge in [-0.3, -0.25) is 20.1 Å². The van der Waals surface area contributed by atoms with Gasteiger partial charge in [-0.25, -0.2) is 4.39 Å². The number of pyridine rings is 1. The lowest BCUT2D eigenvalue weighted by Crippen LogP contribution is -2.02. The van der Waals surface area contributed by atoms with Crippen LogP contribution in [-0.2, 0) is 6.54 Å². The van der Waals surface area contributed by atoms with E-state index in [0.29, 0.717) is 12.1 Å². The number of halogens is 1. The maximum Gasteiger partial charge on any atom is 0.278 e. The fourth-order valence-corrected chi connectivity index (χ4v) is 2.62. The average molecular weight is 376 g/mol. The molecule has 0 bridgehead atoms. The van der Waals surface area contributed by atoms with E-state index in [9.17, 15) is 14.5 Å². The second-order valence-electron chi connectivity index (χ2n) is 5.97. The fraction of sp³-hybridized carbons (Fsp3) is 0.0476. The Morgan fingerprint density at radius 1 is 1.18 bits per heavy atom. The van der Waals surface area contributed by atoms with Crippen LogP contribution in [0, 0.1) is 15.9 Å². The number of nitrogens with zero attached hydrogens (tertiary/aromatic N) is 3. The van der Waals surface area contributed by atoms with Crippen molar-refractivity contribution in [1.82, 2.24) is 4.98 Å². The van der Waals surface area contributed by atoms with Crippen LogP contribution in [0.1, 0.15) is 11.1 Å². The molecule has 2 aromatic carbocycles. The van der Waals surface area contributed by atoms with Crippen molar-refractivity contribution in [2.75, 3.05) is 0 Å². The van der Waals surface area contributed by atoms with Gasteiger partial charge in [0.1, 0.15) is 5.82 Å². The number of nitro benzene ring substituents is 1. The van der Waals surface area contributed by atoms with Crippen LogP contribution in [0.25, 0.3) is 16.8 Å². The quantitative estimate of drug-likeness (QED) is 0.393. The van der Waals surface area contributed by atoms with E-state index in [1.807, 2.05) is 12.1 Å². The van der Waals surface area contributed by atoms with Gasteiger partial charge in [0.2, 0.25) is 0 Å². The molecule has 0 aliphatic rings. The summed E-state index contributed by atoms with van der Waals surface area (Å²) >= 11 is 0. The first kappa shape index (κ1) is 18.9. The lowest BCUT2D eigenvalue weighted by atomic mass is 10.00. The maximum absolute atomic E-state index is 13.1. The van der Waals surface area contributed by atoms with Gasteiger partial charge in [0.05, 0.1) is 17.0 Å². The van der Waals surface area contributed by atoms with Gasteiger partial charge in [-0.1, -0.05) is 18.2 Å². The third kappa shape index (κ3) is 4.64. The Labute approximate surface area is 161 Å². The molecule has 1 aromatic heterocycles. The Kier molecular flexibility index (Phi) is 5.86. The molecule has 28 heavy (non-hydrogen) atoms. The summed E-state index contributed by atoms with van der Waals surface area (Å²) in [5.74, 6) is -0.352. The predicted octanol–water partition coefficient (Wildman–Crippen LogP) is 4.37. The first-order chi connectivity index (χ1) is 13.5. The summed E-state index contributed by atoms with van der Waals surface area (Å²) in [5.41, 5.74) is 8.83. The van der Waals surface area contributed by atoms with Crippen LogP contribution >= 0.6 is 0 Å². The molecule has 1 heterocycles. The van der Waals surface area contributed by atoms with E-state index in [1.54, 1.807) is 36.7 Å². The van der Waals surface area contributed by atoms with Crippen LogP contribution in [-0.4, -0.2) is 16.1 Å². The molecule has 0 atom stereocenters. The lowest BCUT2D eigenvalue weighted by Gasteiger charge is -2.07. The molecule has 7 heteroatoms. The van der Waals surface area contributed by atoms with Crippen LogP contribution in [0.4, 0.5) is 10.1 Å². The third-order valence-electron chi connectivity index (χ3n) is 4.04. The SMILES string of the molecule is N/C(=C\C=NCc1cccnc1)c1cc(-c2ccc(F)cc2)ccc1[N+](=O)[O-]. The largest absolute Gasteiger partial charge is 0.398 e. The lowest BCUT2D eigenvalue weighted by molar-refractivity contribution is -0.385. The molecular formula is C21H17FN4O2. The van der Waals surface area contributed by atoms with Gasteiger partial charge in [-0.05, 0) is 53.1 Å². The maximum atomic E-state index is 13.1. The van der Waals surface area contributed by atoms with Gasteiger partial charge in [-0.15, -0.1) is 0 Å². The van der Waals surface area contributed by atoms with E-state index < -0.39 is 4.92 Å². The van der Waals surface area contributed by atoms with Gasteiger partial charge in [0.25, 0.3) is 5.69 Å². The summed E-state index contributed by atoms with van der Waals surface area (Å²) in [6.07, 6.45) is 6.42. The molecule has 0 saturated heterocycles. The minimum absolute atomic E-state index is 0.111. The first-order valence-electron chi connectivity index (χ1n) is 8.44. The molecule has 0 radical (unpaired) electrons. The number of benzene rings is 2. The van der Waals surface area contributed by atoms with Crippen molar-refractivity contribution < 1.29 is 9.31 Å². The number of nitrogens with two attached hydrogens (primary N) is 1. The van der Waals surface area contributed by atoms with E-state index in [-0.39, 0.29) is 22.8 Å².